The number of benzene rings is 1. The molecule has 0 saturated heterocycles. The molecule has 0 radical (unpaired) electrons. The summed E-state index contributed by atoms with van der Waals surface area (Å²) >= 11 is 0. The number of ether oxygens (including phenoxy) is 1. The van der Waals surface area contributed by atoms with E-state index in [1.54, 1.807) is 6.92 Å². The number of sulfonamides is 1. The van der Waals surface area contributed by atoms with Gasteiger partial charge in [0.25, 0.3) is 0 Å². The number of carboxylic acid groups (broad SMARTS) is 1. The van der Waals surface area contributed by atoms with Crippen molar-refractivity contribution in [2.75, 3.05) is 29.4 Å². The lowest BCUT2D eigenvalue weighted by Crippen LogP contribution is -2.21. The third-order valence-corrected chi connectivity index (χ3v) is 3.50. The summed E-state index contributed by atoms with van der Waals surface area (Å²) in [7, 11) is -3.56. The summed E-state index contributed by atoms with van der Waals surface area (Å²) in [4.78, 5) is 10.7. The molecule has 0 fully saturated rings. The van der Waals surface area contributed by atoms with E-state index in [0.717, 1.165) is 0 Å². The highest BCUT2D eigenvalue weighted by molar-refractivity contribution is 7.92. The van der Waals surface area contributed by atoms with E-state index >= 15 is 0 Å². The van der Waals surface area contributed by atoms with Crippen molar-refractivity contribution in [2.45, 2.75) is 6.92 Å². The molecule has 0 bridgehead atoms. The summed E-state index contributed by atoms with van der Waals surface area (Å²) in [6.45, 7) is 2.28. The van der Waals surface area contributed by atoms with Crippen molar-refractivity contribution in [3.05, 3.63) is 23.8 Å². The van der Waals surface area contributed by atoms with Gasteiger partial charge >= 0.3 is 5.97 Å². The van der Waals surface area contributed by atoms with E-state index in [2.05, 4.69) is 4.72 Å². The molecule has 1 aromatic carbocycles. The van der Waals surface area contributed by atoms with Gasteiger partial charge in [-0.2, -0.15) is 0 Å². The lowest BCUT2D eigenvalue weighted by molar-refractivity contribution is 0.0697. The lowest BCUT2D eigenvalue weighted by atomic mass is 10.2. The van der Waals surface area contributed by atoms with E-state index in [9.17, 15) is 13.2 Å². The van der Waals surface area contributed by atoms with Gasteiger partial charge in [-0.3, -0.25) is 4.72 Å². The molecular weight excluding hydrogens is 272 g/mol. The van der Waals surface area contributed by atoms with Crippen LogP contribution in [0.5, 0.6) is 0 Å². The number of aromatic carboxylic acids is 1. The molecule has 0 saturated carbocycles. The largest absolute Gasteiger partial charge is 0.478 e. The minimum atomic E-state index is -3.56. The van der Waals surface area contributed by atoms with Gasteiger partial charge in [-0.25, -0.2) is 13.2 Å². The second-order valence-corrected chi connectivity index (χ2v) is 5.57. The van der Waals surface area contributed by atoms with Gasteiger partial charge in [0.1, 0.15) is 0 Å². The van der Waals surface area contributed by atoms with Crippen LogP contribution in [0.25, 0.3) is 0 Å². The Morgan fingerprint density at radius 2 is 2.16 bits per heavy atom. The summed E-state index contributed by atoms with van der Waals surface area (Å²) < 4.78 is 30.6. The van der Waals surface area contributed by atoms with Crippen LogP contribution in [0.4, 0.5) is 11.4 Å². The molecular formula is C11H16N2O5S. The average Bonchev–Trinajstić information content (AvgIpc) is 2.31. The molecule has 0 aliphatic rings. The molecule has 0 unspecified atom stereocenters. The fourth-order valence-electron chi connectivity index (χ4n) is 1.32. The van der Waals surface area contributed by atoms with Gasteiger partial charge in [0.2, 0.25) is 10.0 Å². The fraction of sp³-hybridized carbons (Fsp3) is 0.364. The molecule has 1 aromatic rings. The zero-order valence-electron chi connectivity index (χ0n) is 10.4. The molecule has 7 nitrogen and oxygen atoms in total. The van der Waals surface area contributed by atoms with Crippen molar-refractivity contribution < 1.29 is 23.1 Å². The highest BCUT2D eigenvalue weighted by atomic mass is 32.2. The molecule has 0 aliphatic carbocycles. The number of nitrogen functional groups attached to an aromatic ring is 1. The predicted molar refractivity (Wildman–Crippen MR) is 71.7 cm³/mol. The minimum Gasteiger partial charge on any atom is -0.478 e. The van der Waals surface area contributed by atoms with Crippen molar-refractivity contribution in [2.24, 2.45) is 0 Å². The first kappa shape index (κ1) is 15.3. The zero-order valence-corrected chi connectivity index (χ0v) is 11.2. The van der Waals surface area contributed by atoms with E-state index in [0.29, 0.717) is 6.61 Å². The molecule has 19 heavy (non-hydrogen) atoms. The van der Waals surface area contributed by atoms with E-state index in [1.807, 2.05) is 0 Å². The highest BCUT2D eigenvalue weighted by Crippen LogP contribution is 2.21. The third-order valence-electron chi connectivity index (χ3n) is 2.26. The van der Waals surface area contributed by atoms with Crippen molar-refractivity contribution in [3.63, 3.8) is 0 Å². The maximum atomic E-state index is 11.7. The molecule has 0 aromatic heterocycles. The number of carboxylic acids is 1. The predicted octanol–water partition coefficient (Wildman–Crippen LogP) is 0.745. The summed E-state index contributed by atoms with van der Waals surface area (Å²) in [6, 6.07) is 3.79. The van der Waals surface area contributed by atoms with Crippen LogP contribution in [-0.2, 0) is 14.8 Å². The molecule has 1 rings (SSSR count). The quantitative estimate of drug-likeness (QED) is 0.503. The topological polar surface area (TPSA) is 119 Å². The second-order valence-electron chi connectivity index (χ2n) is 3.73. The third kappa shape index (κ3) is 4.76. The van der Waals surface area contributed by atoms with Crippen LogP contribution in [0.1, 0.15) is 17.3 Å². The number of anilines is 2. The van der Waals surface area contributed by atoms with Crippen molar-refractivity contribution in [3.8, 4) is 0 Å². The van der Waals surface area contributed by atoms with Crippen LogP contribution in [0.3, 0.4) is 0 Å². The SMILES string of the molecule is CCOCCS(=O)(=O)Nc1ccc(C(=O)O)cc1N. The summed E-state index contributed by atoms with van der Waals surface area (Å²) in [5.41, 5.74) is 5.80. The van der Waals surface area contributed by atoms with Crippen LogP contribution in [0.15, 0.2) is 18.2 Å². The number of nitrogens with one attached hydrogen (secondary N) is 1. The van der Waals surface area contributed by atoms with Crippen molar-refractivity contribution in [1.29, 1.82) is 0 Å². The Morgan fingerprint density at radius 3 is 2.68 bits per heavy atom. The van der Waals surface area contributed by atoms with Crippen LogP contribution in [0, 0.1) is 0 Å². The van der Waals surface area contributed by atoms with E-state index in [-0.39, 0.29) is 29.3 Å². The normalized spacial score (nSPS) is 11.2. The van der Waals surface area contributed by atoms with Gasteiger partial charge in [0.15, 0.2) is 0 Å². The molecule has 0 spiro atoms. The number of hydrogen-bond donors (Lipinski definition) is 3. The van der Waals surface area contributed by atoms with Crippen LogP contribution in [0.2, 0.25) is 0 Å². The number of nitrogens with two attached hydrogens (primary N) is 1. The standard InChI is InChI=1S/C11H16N2O5S/c1-2-18-5-6-19(16,17)13-10-4-3-8(11(14)15)7-9(10)12/h3-4,7,13H,2,5-6,12H2,1H3,(H,14,15). The Bertz CT molecular complexity index is 556. The molecule has 8 heteroatoms. The average molecular weight is 288 g/mol. The van der Waals surface area contributed by atoms with E-state index < -0.39 is 16.0 Å². The molecule has 0 aliphatic heterocycles. The Hall–Kier alpha value is -1.80. The van der Waals surface area contributed by atoms with Gasteiger partial charge in [0.05, 0.1) is 29.3 Å². The highest BCUT2D eigenvalue weighted by Gasteiger charge is 2.13. The van der Waals surface area contributed by atoms with Gasteiger partial charge in [-0.05, 0) is 25.1 Å². The Balaban J connectivity index is 2.79. The van der Waals surface area contributed by atoms with E-state index in [1.165, 1.54) is 18.2 Å². The van der Waals surface area contributed by atoms with E-state index in [4.69, 9.17) is 15.6 Å². The Labute approximate surface area is 111 Å². The first-order chi connectivity index (χ1) is 8.85. The zero-order chi connectivity index (χ0) is 14.5. The van der Waals surface area contributed by atoms with Gasteiger partial charge in [-0.1, -0.05) is 0 Å². The Kier molecular flexibility index (Phi) is 5.13. The molecule has 4 N–H and O–H groups in total. The Morgan fingerprint density at radius 1 is 1.47 bits per heavy atom. The first-order valence-corrected chi connectivity index (χ1v) is 7.22. The number of rotatable bonds is 7. The first-order valence-electron chi connectivity index (χ1n) is 5.57. The molecule has 0 amide bonds. The molecule has 106 valence electrons. The monoisotopic (exact) mass is 288 g/mol. The summed E-state index contributed by atoms with van der Waals surface area (Å²) in [5.74, 6) is -1.32. The smallest absolute Gasteiger partial charge is 0.335 e. The van der Waals surface area contributed by atoms with Gasteiger partial charge < -0.3 is 15.6 Å². The maximum absolute atomic E-state index is 11.7. The summed E-state index contributed by atoms with van der Waals surface area (Å²) in [6.07, 6.45) is 0. The van der Waals surface area contributed by atoms with Gasteiger partial charge in [0, 0.05) is 6.61 Å². The van der Waals surface area contributed by atoms with Gasteiger partial charge in [-0.15, -0.1) is 0 Å². The number of hydrogen-bond acceptors (Lipinski definition) is 5. The maximum Gasteiger partial charge on any atom is 0.335 e. The lowest BCUT2D eigenvalue weighted by Gasteiger charge is -2.10. The van der Waals surface area contributed by atoms with Crippen LogP contribution >= 0.6 is 0 Å². The molecule has 0 heterocycles. The van der Waals surface area contributed by atoms with Crippen molar-refractivity contribution in [1.82, 2.24) is 0 Å². The number of carbonyl (C=O) groups is 1. The minimum absolute atomic E-state index is 0.00485. The molecule has 0 atom stereocenters. The van der Waals surface area contributed by atoms with Crippen molar-refractivity contribution >= 4 is 27.4 Å². The van der Waals surface area contributed by atoms with Crippen LogP contribution < -0.4 is 10.5 Å². The summed E-state index contributed by atoms with van der Waals surface area (Å²) in [5, 5.41) is 8.77. The van der Waals surface area contributed by atoms with Crippen LogP contribution in [-0.4, -0.2) is 38.5 Å². The fourth-order valence-corrected chi connectivity index (χ4v) is 2.28. The second kappa shape index (κ2) is 6.39.